The first-order valence-electron chi connectivity index (χ1n) is 8.06. The van der Waals surface area contributed by atoms with Crippen molar-refractivity contribution in [3.8, 4) is 27.6 Å². The smallest absolute Gasteiger partial charge is 0.280 e. The molecule has 27 heavy (non-hydrogen) atoms. The second-order valence-electron chi connectivity index (χ2n) is 5.61. The number of benzene rings is 1. The number of nitrogens with zero attached hydrogens (tertiary/aromatic N) is 2. The molecule has 0 unspecified atom stereocenters. The van der Waals surface area contributed by atoms with E-state index in [-0.39, 0.29) is 11.6 Å². The van der Waals surface area contributed by atoms with Crippen molar-refractivity contribution in [1.82, 2.24) is 9.97 Å². The number of amides is 1. The molecule has 0 spiro atoms. The topological polar surface area (TPSA) is 77.2 Å². The van der Waals surface area contributed by atoms with Crippen LogP contribution in [0, 0.1) is 6.92 Å². The summed E-state index contributed by atoms with van der Waals surface area (Å²) in [5.41, 5.74) is 2.04. The van der Waals surface area contributed by atoms with Gasteiger partial charge in [0, 0.05) is 10.4 Å². The number of nitrogens with one attached hydrogen (secondary N) is 1. The first kappa shape index (κ1) is 17.4. The minimum atomic E-state index is -0.345. The van der Waals surface area contributed by atoms with Gasteiger partial charge >= 0.3 is 0 Å². The molecule has 0 aliphatic rings. The molecular weight excluding hydrogens is 382 g/mol. The van der Waals surface area contributed by atoms with Crippen molar-refractivity contribution < 1.29 is 13.9 Å². The number of aryl methyl sites for hydroxylation is 1. The van der Waals surface area contributed by atoms with Crippen LogP contribution in [0.5, 0.6) is 5.75 Å². The highest BCUT2D eigenvalue weighted by molar-refractivity contribution is 7.16. The van der Waals surface area contributed by atoms with Crippen LogP contribution in [0.2, 0.25) is 0 Å². The zero-order valence-corrected chi connectivity index (χ0v) is 16.2. The lowest BCUT2D eigenvalue weighted by Gasteiger charge is -2.02. The van der Waals surface area contributed by atoms with E-state index in [1.165, 1.54) is 29.1 Å². The fourth-order valence-electron chi connectivity index (χ4n) is 2.61. The van der Waals surface area contributed by atoms with Gasteiger partial charge in [-0.1, -0.05) is 6.07 Å². The molecule has 1 amide bonds. The van der Waals surface area contributed by atoms with Crippen molar-refractivity contribution in [1.29, 1.82) is 0 Å². The van der Waals surface area contributed by atoms with Gasteiger partial charge in [0.25, 0.3) is 5.91 Å². The highest BCUT2D eigenvalue weighted by Crippen LogP contribution is 2.32. The number of hydrogen-bond acceptors (Lipinski definition) is 7. The zero-order valence-electron chi connectivity index (χ0n) is 14.6. The Morgan fingerprint density at radius 3 is 2.74 bits per heavy atom. The fourth-order valence-corrected chi connectivity index (χ4v) is 4.16. The summed E-state index contributed by atoms with van der Waals surface area (Å²) in [5.74, 6) is 0.903. The van der Waals surface area contributed by atoms with Gasteiger partial charge in [-0.3, -0.25) is 10.1 Å². The molecule has 4 aromatic rings. The summed E-state index contributed by atoms with van der Waals surface area (Å²) in [4.78, 5) is 23.1. The molecule has 0 atom stereocenters. The van der Waals surface area contributed by atoms with Crippen molar-refractivity contribution in [2.45, 2.75) is 6.92 Å². The molecule has 4 rings (SSSR count). The highest BCUT2D eigenvalue weighted by atomic mass is 32.1. The summed E-state index contributed by atoms with van der Waals surface area (Å²) in [6.45, 7) is 1.97. The summed E-state index contributed by atoms with van der Waals surface area (Å²) in [6, 6.07) is 11.4. The predicted molar refractivity (Wildman–Crippen MR) is 107 cm³/mol. The van der Waals surface area contributed by atoms with Gasteiger partial charge in [0.2, 0.25) is 0 Å². The Balaban J connectivity index is 1.57. The number of thiazole rings is 1. The average molecular weight is 397 g/mol. The van der Waals surface area contributed by atoms with Gasteiger partial charge in [0.05, 0.1) is 17.7 Å². The molecule has 8 heteroatoms. The molecule has 6 nitrogen and oxygen atoms in total. The van der Waals surface area contributed by atoms with Crippen LogP contribution < -0.4 is 10.1 Å². The summed E-state index contributed by atoms with van der Waals surface area (Å²) in [7, 11) is 1.63. The Labute approximate surface area is 163 Å². The van der Waals surface area contributed by atoms with Crippen LogP contribution in [-0.4, -0.2) is 23.0 Å². The molecule has 0 bridgehead atoms. The number of carbonyl (C=O) groups excluding carboxylic acids is 1. The molecule has 136 valence electrons. The summed E-state index contributed by atoms with van der Waals surface area (Å²) in [5, 5.41) is 5.26. The minimum absolute atomic E-state index is 0.247. The van der Waals surface area contributed by atoms with Crippen molar-refractivity contribution in [3.63, 3.8) is 0 Å². The lowest BCUT2D eigenvalue weighted by Crippen LogP contribution is -2.13. The second kappa shape index (κ2) is 7.34. The number of thiophene rings is 1. The Bertz CT molecular complexity index is 1070. The molecule has 1 aromatic carbocycles. The van der Waals surface area contributed by atoms with Crippen LogP contribution in [-0.2, 0) is 0 Å². The lowest BCUT2D eigenvalue weighted by molar-refractivity contribution is 0.102. The van der Waals surface area contributed by atoms with E-state index in [2.05, 4.69) is 15.3 Å². The number of aromatic nitrogens is 2. The standard InChI is InChI=1S/C19H15N3O3S2/c1-11-15(12-5-7-13(24-2)8-6-12)21-19(27-11)22-18(23)16-17(25-10-20-16)14-4-3-9-26-14/h3-10H,1-2H3,(H,21,22,23). The molecule has 0 saturated carbocycles. The van der Waals surface area contributed by atoms with E-state index in [0.717, 1.165) is 26.8 Å². The maximum Gasteiger partial charge on any atom is 0.280 e. The quantitative estimate of drug-likeness (QED) is 0.507. The molecule has 0 aliphatic heterocycles. The van der Waals surface area contributed by atoms with Crippen molar-refractivity contribution in [2.24, 2.45) is 0 Å². The number of carbonyl (C=O) groups is 1. The van der Waals surface area contributed by atoms with Crippen LogP contribution in [0.25, 0.3) is 21.9 Å². The molecule has 3 aromatic heterocycles. The Morgan fingerprint density at radius 2 is 2.04 bits per heavy atom. The van der Waals surface area contributed by atoms with E-state index >= 15 is 0 Å². The van der Waals surface area contributed by atoms with Gasteiger partial charge in [0.15, 0.2) is 23.0 Å². The van der Waals surface area contributed by atoms with E-state index < -0.39 is 0 Å². The third-order valence-corrected chi connectivity index (χ3v) is 5.66. The summed E-state index contributed by atoms with van der Waals surface area (Å²) >= 11 is 2.91. The fraction of sp³-hybridized carbons (Fsp3) is 0.105. The molecule has 3 heterocycles. The van der Waals surface area contributed by atoms with Crippen LogP contribution in [0.15, 0.2) is 52.6 Å². The van der Waals surface area contributed by atoms with E-state index in [0.29, 0.717) is 10.9 Å². The van der Waals surface area contributed by atoms with E-state index in [9.17, 15) is 4.79 Å². The molecular formula is C19H15N3O3S2. The van der Waals surface area contributed by atoms with Crippen LogP contribution in [0.4, 0.5) is 5.13 Å². The van der Waals surface area contributed by atoms with Crippen LogP contribution in [0.3, 0.4) is 0 Å². The molecule has 1 N–H and O–H groups in total. The van der Waals surface area contributed by atoms with Crippen molar-refractivity contribution in [3.05, 3.63) is 58.7 Å². The molecule has 0 fully saturated rings. The maximum atomic E-state index is 12.7. The van der Waals surface area contributed by atoms with Gasteiger partial charge in [-0.2, -0.15) is 0 Å². The number of hydrogen-bond donors (Lipinski definition) is 1. The summed E-state index contributed by atoms with van der Waals surface area (Å²) < 4.78 is 10.6. The normalized spacial score (nSPS) is 10.7. The van der Waals surface area contributed by atoms with Gasteiger partial charge in [-0.25, -0.2) is 9.97 Å². The number of anilines is 1. The number of rotatable bonds is 5. The SMILES string of the molecule is COc1ccc(-c2nc(NC(=O)c3ncoc3-c3cccs3)sc2C)cc1. The van der Waals surface area contributed by atoms with Gasteiger partial charge in [-0.05, 0) is 42.6 Å². The Kier molecular flexibility index (Phi) is 4.74. The number of methoxy groups -OCH3 is 1. The van der Waals surface area contributed by atoms with Crippen molar-refractivity contribution >= 4 is 33.7 Å². The van der Waals surface area contributed by atoms with E-state index in [4.69, 9.17) is 9.15 Å². The van der Waals surface area contributed by atoms with Gasteiger partial charge < -0.3 is 9.15 Å². The monoisotopic (exact) mass is 397 g/mol. The van der Waals surface area contributed by atoms with Gasteiger partial charge in [-0.15, -0.1) is 22.7 Å². The minimum Gasteiger partial charge on any atom is -0.497 e. The average Bonchev–Trinajstić information content (AvgIpc) is 3.42. The molecule has 0 saturated heterocycles. The lowest BCUT2D eigenvalue weighted by atomic mass is 10.1. The van der Waals surface area contributed by atoms with E-state index in [1.807, 2.05) is 48.7 Å². The predicted octanol–water partition coefficient (Wildman–Crippen LogP) is 5.10. The maximum absolute atomic E-state index is 12.7. The Morgan fingerprint density at radius 1 is 1.22 bits per heavy atom. The first-order valence-corrected chi connectivity index (χ1v) is 9.76. The third-order valence-electron chi connectivity index (χ3n) is 3.91. The van der Waals surface area contributed by atoms with Crippen LogP contribution in [0.1, 0.15) is 15.4 Å². The summed E-state index contributed by atoms with van der Waals surface area (Å²) in [6.07, 6.45) is 1.28. The zero-order chi connectivity index (χ0) is 18.8. The van der Waals surface area contributed by atoms with Gasteiger partial charge in [0.1, 0.15) is 5.75 Å². The highest BCUT2D eigenvalue weighted by Gasteiger charge is 2.21. The third kappa shape index (κ3) is 3.49. The van der Waals surface area contributed by atoms with Crippen molar-refractivity contribution in [2.75, 3.05) is 12.4 Å². The van der Waals surface area contributed by atoms with E-state index in [1.54, 1.807) is 7.11 Å². The number of oxazole rings is 1. The molecule has 0 radical (unpaired) electrons. The Hall–Kier alpha value is -2.97. The van der Waals surface area contributed by atoms with Crippen LogP contribution >= 0.6 is 22.7 Å². The second-order valence-corrected chi connectivity index (χ2v) is 7.76. The molecule has 0 aliphatic carbocycles. The first-order chi connectivity index (χ1) is 13.2. The largest absolute Gasteiger partial charge is 0.497 e. The number of ether oxygens (including phenoxy) is 1.